The Bertz CT molecular complexity index is 400. The Balaban J connectivity index is 2.09. The van der Waals surface area contributed by atoms with Crippen LogP contribution in [0.25, 0.3) is 0 Å². The Morgan fingerprint density at radius 3 is 2.76 bits per heavy atom. The van der Waals surface area contributed by atoms with Crippen molar-refractivity contribution in [1.82, 2.24) is 0 Å². The lowest BCUT2D eigenvalue weighted by atomic mass is 9.98. The number of furan rings is 1. The van der Waals surface area contributed by atoms with E-state index < -0.39 is 12.1 Å². The van der Waals surface area contributed by atoms with Gasteiger partial charge in [0.1, 0.15) is 0 Å². The van der Waals surface area contributed by atoms with E-state index in [1.807, 2.05) is 0 Å². The van der Waals surface area contributed by atoms with E-state index in [2.05, 4.69) is 0 Å². The van der Waals surface area contributed by atoms with Crippen LogP contribution in [0.1, 0.15) is 23.4 Å². The van der Waals surface area contributed by atoms with Gasteiger partial charge >= 0.3 is 6.18 Å². The molecule has 0 N–H and O–H groups in total. The molecule has 0 amide bonds. The predicted octanol–water partition coefficient (Wildman–Crippen LogP) is 2.87. The Labute approximate surface area is 96.2 Å². The van der Waals surface area contributed by atoms with Gasteiger partial charge in [-0.1, -0.05) is 0 Å². The van der Waals surface area contributed by atoms with Gasteiger partial charge in [0.15, 0.2) is 17.9 Å². The topological polar surface area (TPSA) is 33.5 Å². The molecule has 0 bridgehead atoms. The first kappa shape index (κ1) is 12.0. The van der Waals surface area contributed by atoms with E-state index in [4.69, 9.17) is 4.42 Å². The molecule has 1 aliphatic heterocycles. The van der Waals surface area contributed by atoms with Crippen LogP contribution in [0.15, 0.2) is 16.5 Å². The Kier molecular flexibility index (Phi) is 3.13. The van der Waals surface area contributed by atoms with Gasteiger partial charge in [-0.15, -0.1) is 0 Å². The van der Waals surface area contributed by atoms with Crippen LogP contribution >= 0.6 is 0 Å². The summed E-state index contributed by atoms with van der Waals surface area (Å²) in [5.41, 5.74) is 0. The fourth-order valence-corrected chi connectivity index (χ4v) is 2.02. The molecule has 0 aliphatic carbocycles. The van der Waals surface area contributed by atoms with Crippen LogP contribution in [-0.2, 0) is 0 Å². The summed E-state index contributed by atoms with van der Waals surface area (Å²) < 4.78 is 42.9. The van der Waals surface area contributed by atoms with Gasteiger partial charge in [-0.25, -0.2) is 0 Å². The van der Waals surface area contributed by atoms with Crippen LogP contribution in [0.5, 0.6) is 0 Å². The molecule has 0 radical (unpaired) electrons. The number of carbonyl (C=O) groups is 1. The fourth-order valence-electron chi connectivity index (χ4n) is 2.02. The summed E-state index contributed by atoms with van der Waals surface area (Å²) in [4.78, 5) is 12.0. The second-order valence-corrected chi connectivity index (χ2v) is 4.12. The zero-order valence-corrected chi connectivity index (χ0v) is 9.04. The number of aldehydes is 1. The van der Waals surface area contributed by atoms with Crippen LogP contribution in [0.3, 0.4) is 0 Å². The highest BCUT2D eigenvalue weighted by molar-refractivity contribution is 5.71. The standard InChI is InChI=1S/C11H12F3NO2/c12-11(13,14)8-2-1-5-15(6-8)10-4-3-9(7-16)17-10/h3-4,7-8H,1-2,5-6H2. The van der Waals surface area contributed by atoms with Crippen molar-refractivity contribution in [3.63, 3.8) is 0 Å². The number of piperidine rings is 1. The molecule has 6 heteroatoms. The van der Waals surface area contributed by atoms with Gasteiger partial charge < -0.3 is 9.32 Å². The number of anilines is 1. The average molecular weight is 247 g/mol. The molecule has 2 heterocycles. The van der Waals surface area contributed by atoms with Crippen LogP contribution in [0.4, 0.5) is 19.1 Å². The second kappa shape index (κ2) is 4.43. The molecule has 1 unspecified atom stereocenters. The van der Waals surface area contributed by atoms with Gasteiger partial charge in [0.25, 0.3) is 0 Å². The third-order valence-corrected chi connectivity index (χ3v) is 2.92. The molecule has 2 rings (SSSR count). The van der Waals surface area contributed by atoms with Gasteiger partial charge in [-0.05, 0) is 18.9 Å². The van der Waals surface area contributed by atoms with Crippen molar-refractivity contribution >= 4 is 12.2 Å². The quantitative estimate of drug-likeness (QED) is 0.753. The maximum absolute atomic E-state index is 12.6. The molecular weight excluding hydrogens is 235 g/mol. The number of rotatable bonds is 2. The number of alkyl halides is 3. The first-order chi connectivity index (χ1) is 8.00. The van der Waals surface area contributed by atoms with Gasteiger partial charge in [0.2, 0.25) is 0 Å². The number of halogens is 3. The summed E-state index contributed by atoms with van der Waals surface area (Å²) in [6.07, 6.45) is -3.00. The number of hydrogen-bond donors (Lipinski definition) is 0. The number of nitrogens with zero attached hydrogens (tertiary/aromatic N) is 1. The van der Waals surface area contributed by atoms with Crippen LogP contribution in [0, 0.1) is 5.92 Å². The second-order valence-electron chi connectivity index (χ2n) is 4.12. The molecule has 0 saturated carbocycles. The summed E-state index contributed by atoms with van der Waals surface area (Å²) in [6, 6.07) is 2.99. The molecule has 1 saturated heterocycles. The Morgan fingerprint density at radius 1 is 1.41 bits per heavy atom. The van der Waals surface area contributed by atoms with Crippen LogP contribution in [-0.4, -0.2) is 25.6 Å². The minimum Gasteiger partial charge on any atom is -0.438 e. The molecule has 1 aromatic heterocycles. The van der Waals surface area contributed by atoms with Crippen molar-refractivity contribution < 1.29 is 22.4 Å². The van der Waals surface area contributed by atoms with Gasteiger partial charge in [0, 0.05) is 19.2 Å². The molecule has 1 atom stereocenters. The molecule has 94 valence electrons. The van der Waals surface area contributed by atoms with Gasteiger partial charge in [0.05, 0.1) is 5.92 Å². The highest BCUT2D eigenvalue weighted by atomic mass is 19.4. The molecule has 0 aromatic carbocycles. The third kappa shape index (κ3) is 2.62. The maximum Gasteiger partial charge on any atom is 0.393 e. The molecule has 1 aromatic rings. The van der Waals surface area contributed by atoms with Crippen molar-refractivity contribution in [3.8, 4) is 0 Å². The van der Waals surface area contributed by atoms with Crippen molar-refractivity contribution in [2.75, 3.05) is 18.0 Å². The molecular formula is C11H12F3NO2. The first-order valence-electron chi connectivity index (χ1n) is 5.37. The Morgan fingerprint density at radius 2 is 2.18 bits per heavy atom. The largest absolute Gasteiger partial charge is 0.438 e. The van der Waals surface area contributed by atoms with Crippen molar-refractivity contribution in [2.24, 2.45) is 5.92 Å². The van der Waals surface area contributed by atoms with E-state index in [0.717, 1.165) is 0 Å². The van der Waals surface area contributed by atoms with Crippen molar-refractivity contribution in [2.45, 2.75) is 19.0 Å². The van der Waals surface area contributed by atoms with E-state index in [0.29, 0.717) is 25.1 Å². The minimum atomic E-state index is -4.17. The van der Waals surface area contributed by atoms with E-state index in [1.54, 1.807) is 0 Å². The first-order valence-corrected chi connectivity index (χ1v) is 5.37. The zero-order chi connectivity index (χ0) is 12.5. The summed E-state index contributed by atoms with van der Waals surface area (Å²) >= 11 is 0. The Hall–Kier alpha value is -1.46. The minimum absolute atomic E-state index is 0.102. The summed E-state index contributed by atoms with van der Waals surface area (Å²) in [5, 5.41) is 0. The molecule has 1 aliphatic rings. The van der Waals surface area contributed by atoms with E-state index in [-0.39, 0.29) is 18.7 Å². The van der Waals surface area contributed by atoms with Crippen LogP contribution < -0.4 is 4.90 Å². The smallest absolute Gasteiger partial charge is 0.393 e. The van der Waals surface area contributed by atoms with Gasteiger partial charge in [-0.3, -0.25) is 4.79 Å². The van der Waals surface area contributed by atoms with Crippen molar-refractivity contribution in [3.05, 3.63) is 17.9 Å². The fraction of sp³-hybridized carbons (Fsp3) is 0.545. The van der Waals surface area contributed by atoms with E-state index >= 15 is 0 Å². The SMILES string of the molecule is O=Cc1ccc(N2CCCC(C(F)(F)F)C2)o1. The zero-order valence-electron chi connectivity index (χ0n) is 9.04. The summed E-state index contributed by atoms with van der Waals surface area (Å²) in [6.45, 7) is 0.424. The average Bonchev–Trinajstić information content (AvgIpc) is 2.76. The number of carbonyl (C=O) groups excluding carboxylic acids is 1. The third-order valence-electron chi connectivity index (χ3n) is 2.92. The summed E-state index contributed by atoms with van der Waals surface area (Å²) in [7, 11) is 0. The molecule has 3 nitrogen and oxygen atoms in total. The highest BCUT2D eigenvalue weighted by Crippen LogP contribution is 2.35. The maximum atomic E-state index is 12.6. The summed E-state index contributed by atoms with van der Waals surface area (Å²) in [5.74, 6) is -0.851. The van der Waals surface area contributed by atoms with E-state index in [9.17, 15) is 18.0 Å². The van der Waals surface area contributed by atoms with Crippen LogP contribution in [0.2, 0.25) is 0 Å². The molecule has 1 fully saturated rings. The highest BCUT2D eigenvalue weighted by Gasteiger charge is 2.42. The number of hydrogen-bond acceptors (Lipinski definition) is 3. The lowest BCUT2D eigenvalue weighted by molar-refractivity contribution is -0.176. The molecule has 0 spiro atoms. The molecule has 17 heavy (non-hydrogen) atoms. The normalized spacial score (nSPS) is 21.6. The van der Waals surface area contributed by atoms with E-state index in [1.165, 1.54) is 17.0 Å². The lowest BCUT2D eigenvalue weighted by Gasteiger charge is -2.33. The predicted molar refractivity (Wildman–Crippen MR) is 55.1 cm³/mol. The lowest BCUT2D eigenvalue weighted by Crippen LogP contribution is -2.41. The monoisotopic (exact) mass is 247 g/mol. The van der Waals surface area contributed by atoms with Crippen molar-refractivity contribution in [1.29, 1.82) is 0 Å². The van der Waals surface area contributed by atoms with Gasteiger partial charge in [-0.2, -0.15) is 13.2 Å².